The van der Waals surface area contributed by atoms with E-state index < -0.39 is 43.6 Å². The molecule has 1 rings (SSSR count). The van der Waals surface area contributed by atoms with E-state index in [4.69, 9.17) is 9.11 Å². The number of likely N-dealkylation sites (N-methyl/N-ethyl adjacent to an activating group) is 1. The van der Waals surface area contributed by atoms with E-state index in [0.717, 1.165) is 12.8 Å². The first-order valence-electron chi connectivity index (χ1n) is 7.84. The number of nitrogens with one attached hydrogen (secondary N) is 1. The van der Waals surface area contributed by atoms with Crippen LogP contribution in [-0.4, -0.2) is 81.1 Å². The van der Waals surface area contributed by atoms with E-state index in [0.29, 0.717) is 6.54 Å². The highest BCUT2D eigenvalue weighted by Gasteiger charge is 2.46. The standard InChI is InChI=1S/C13H26N2O7S2/c1-3-4-5-14-13(16)8-15(2)6-11(9-23(17,18)19)12(7-15)10-24(20,21)22/h11-12H,3-10H2,1-2H3,(H2-,14,16,17,18,19,20,21,22)/p+1. The summed E-state index contributed by atoms with van der Waals surface area (Å²) in [5.41, 5.74) is 0. The molecule has 0 spiro atoms. The molecule has 24 heavy (non-hydrogen) atoms. The van der Waals surface area contributed by atoms with Gasteiger partial charge >= 0.3 is 0 Å². The molecule has 1 heterocycles. The number of carbonyl (C=O) groups is 1. The summed E-state index contributed by atoms with van der Waals surface area (Å²) < 4.78 is 62.9. The van der Waals surface area contributed by atoms with Crippen molar-refractivity contribution in [2.75, 3.05) is 44.7 Å². The largest absolute Gasteiger partial charge is 0.351 e. The van der Waals surface area contributed by atoms with Gasteiger partial charge in [0.1, 0.15) is 0 Å². The zero-order valence-electron chi connectivity index (χ0n) is 14.0. The molecule has 1 saturated heterocycles. The topological polar surface area (TPSA) is 138 Å². The fraction of sp³-hybridized carbons (Fsp3) is 0.923. The molecule has 0 aromatic carbocycles. The van der Waals surface area contributed by atoms with Crippen molar-refractivity contribution in [1.29, 1.82) is 0 Å². The molecule has 3 N–H and O–H groups in total. The Morgan fingerprint density at radius 3 is 1.92 bits per heavy atom. The van der Waals surface area contributed by atoms with Crippen molar-refractivity contribution in [3.05, 3.63) is 0 Å². The lowest BCUT2D eigenvalue weighted by atomic mass is 10.0. The van der Waals surface area contributed by atoms with E-state index in [1.807, 2.05) is 6.92 Å². The van der Waals surface area contributed by atoms with Crippen LogP contribution in [0.25, 0.3) is 0 Å². The minimum absolute atomic E-state index is 0.0909. The predicted molar refractivity (Wildman–Crippen MR) is 88.5 cm³/mol. The maximum Gasteiger partial charge on any atom is 0.275 e. The molecule has 1 fully saturated rings. The van der Waals surface area contributed by atoms with Gasteiger partial charge in [0.2, 0.25) is 0 Å². The summed E-state index contributed by atoms with van der Waals surface area (Å²) in [5, 5.41) is 2.77. The summed E-state index contributed by atoms with van der Waals surface area (Å²) >= 11 is 0. The number of quaternary nitrogens is 1. The van der Waals surface area contributed by atoms with Crippen molar-refractivity contribution >= 4 is 26.1 Å². The van der Waals surface area contributed by atoms with Gasteiger partial charge in [0, 0.05) is 18.4 Å². The summed E-state index contributed by atoms with van der Waals surface area (Å²) in [6, 6.07) is 0. The number of rotatable bonds is 9. The molecule has 0 saturated carbocycles. The van der Waals surface area contributed by atoms with Crippen molar-refractivity contribution in [1.82, 2.24) is 5.32 Å². The van der Waals surface area contributed by atoms with Crippen LogP contribution in [0.5, 0.6) is 0 Å². The SMILES string of the molecule is CCCCNC(=O)C[N+]1(C)CC(CS(=O)(=O)O)C(CS(=O)(=O)O)C1. The molecule has 0 aromatic rings. The molecule has 9 nitrogen and oxygen atoms in total. The third-order valence-electron chi connectivity index (χ3n) is 4.24. The van der Waals surface area contributed by atoms with Crippen LogP contribution in [0, 0.1) is 11.8 Å². The fourth-order valence-corrected chi connectivity index (χ4v) is 5.20. The normalized spacial score (nSPS) is 28.0. The summed E-state index contributed by atoms with van der Waals surface area (Å²) in [4.78, 5) is 12.0. The number of nitrogens with zero attached hydrogens (tertiary/aromatic N) is 1. The van der Waals surface area contributed by atoms with Gasteiger partial charge in [-0.05, 0) is 6.42 Å². The second-order valence-electron chi connectivity index (χ2n) is 6.86. The van der Waals surface area contributed by atoms with Gasteiger partial charge in [0.15, 0.2) is 6.54 Å². The van der Waals surface area contributed by atoms with Crippen molar-refractivity contribution in [3.63, 3.8) is 0 Å². The lowest BCUT2D eigenvalue weighted by Crippen LogP contribution is -2.49. The van der Waals surface area contributed by atoms with E-state index >= 15 is 0 Å². The van der Waals surface area contributed by atoms with Gasteiger partial charge in [-0.1, -0.05) is 13.3 Å². The van der Waals surface area contributed by atoms with E-state index in [2.05, 4.69) is 5.32 Å². The molecule has 2 atom stereocenters. The van der Waals surface area contributed by atoms with Gasteiger partial charge < -0.3 is 9.80 Å². The summed E-state index contributed by atoms with van der Waals surface area (Å²) in [6.07, 6.45) is 1.80. The molecule has 2 unspecified atom stereocenters. The van der Waals surface area contributed by atoms with E-state index in [-0.39, 0.29) is 30.0 Å². The molecular formula is C13H27N2O7S2+. The third kappa shape index (κ3) is 7.88. The van der Waals surface area contributed by atoms with Gasteiger partial charge in [-0.3, -0.25) is 13.9 Å². The lowest BCUT2D eigenvalue weighted by Gasteiger charge is -2.29. The molecule has 0 radical (unpaired) electrons. The minimum atomic E-state index is -4.28. The van der Waals surface area contributed by atoms with Crippen LogP contribution in [0.1, 0.15) is 19.8 Å². The average molecular weight is 388 g/mol. The maximum atomic E-state index is 12.0. The Kier molecular flexibility index (Phi) is 7.17. The molecule has 1 amide bonds. The third-order valence-corrected chi connectivity index (χ3v) is 5.94. The van der Waals surface area contributed by atoms with Crippen molar-refractivity contribution in [3.8, 4) is 0 Å². The Hall–Kier alpha value is -0.750. The molecule has 0 aliphatic carbocycles. The van der Waals surface area contributed by atoms with Crippen LogP contribution >= 0.6 is 0 Å². The highest BCUT2D eigenvalue weighted by atomic mass is 32.2. The smallest absolute Gasteiger partial charge is 0.275 e. The van der Waals surface area contributed by atoms with Gasteiger partial charge in [-0.2, -0.15) is 16.8 Å². The summed E-state index contributed by atoms with van der Waals surface area (Å²) in [6.45, 7) is 3.12. The minimum Gasteiger partial charge on any atom is -0.351 e. The van der Waals surface area contributed by atoms with Crippen LogP contribution in [0.4, 0.5) is 0 Å². The van der Waals surface area contributed by atoms with E-state index in [1.54, 1.807) is 7.05 Å². The summed E-state index contributed by atoms with van der Waals surface area (Å²) in [5.74, 6) is -2.65. The first-order valence-corrected chi connectivity index (χ1v) is 11.1. The molecule has 1 aliphatic rings. The molecule has 142 valence electrons. The molecule has 0 aromatic heterocycles. The van der Waals surface area contributed by atoms with Crippen molar-refractivity contribution in [2.45, 2.75) is 19.8 Å². The number of amides is 1. The predicted octanol–water partition coefficient (Wildman–Crippen LogP) is -0.629. The van der Waals surface area contributed by atoms with Crippen LogP contribution in [0.15, 0.2) is 0 Å². The van der Waals surface area contributed by atoms with Gasteiger partial charge in [0.25, 0.3) is 26.1 Å². The van der Waals surface area contributed by atoms with Crippen LogP contribution in [0.2, 0.25) is 0 Å². The zero-order valence-corrected chi connectivity index (χ0v) is 15.6. The highest BCUT2D eigenvalue weighted by molar-refractivity contribution is 7.86. The molecule has 11 heteroatoms. The second kappa shape index (κ2) is 8.09. The number of hydrogen-bond acceptors (Lipinski definition) is 5. The number of carbonyl (C=O) groups excluding carboxylic acids is 1. The van der Waals surface area contributed by atoms with Crippen molar-refractivity contribution in [2.24, 2.45) is 11.8 Å². The number of unbranched alkanes of at least 4 members (excludes halogenated alkanes) is 1. The van der Waals surface area contributed by atoms with E-state index in [9.17, 15) is 21.6 Å². The first kappa shape index (κ1) is 21.3. The first-order chi connectivity index (χ1) is 10.8. The Morgan fingerprint density at radius 1 is 1.08 bits per heavy atom. The fourth-order valence-electron chi connectivity index (χ4n) is 3.36. The average Bonchev–Trinajstić information content (AvgIpc) is 2.60. The van der Waals surface area contributed by atoms with Gasteiger partial charge in [-0.25, -0.2) is 0 Å². The van der Waals surface area contributed by atoms with Crippen LogP contribution in [-0.2, 0) is 25.0 Å². The van der Waals surface area contributed by atoms with Crippen LogP contribution in [0.3, 0.4) is 0 Å². The lowest BCUT2D eigenvalue weighted by molar-refractivity contribution is -0.892. The Labute approximate surface area is 143 Å². The van der Waals surface area contributed by atoms with Crippen molar-refractivity contribution < 1.29 is 35.2 Å². The summed E-state index contributed by atoms with van der Waals surface area (Å²) in [7, 11) is -6.82. The second-order valence-corrected chi connectivity index (χ2v) is 9.86. The monoisotopic (exact) mass is 387 g/mol. The van der Waals surface area contributed by atoms with Gasteiger partial charge in [0.05, 0.1) is 31.6 Å². The maximum absolute atomic E-state index is 12.0. The molecular weight excluding hydrogens is 360 g/mol. The highest BCUT2D eigenvalue weighted by Crippen LogP contribution is 2.30. The Bertz CT molecular complexity index is 603. The Morgan fingerprint density at radius 2 is 1.54 bits per heavy atom. The Balaban J connectivity index is 2.80. The number of likely N-dealkylation sites (tertiary alicyclic amines) is 1. The zero-order chi connectivity index (χ0) is 18.6. The molecule has 1 aliphatic heterocycles. The number of hydrogen-bond donors (Lipinski definition) is 3. The van der Waals surface area contributed by atoms with E-state index in [1.165, 1.54) is 0 Å². The van der Waals surface area contributed by atoms with Gasteiger partial charge in [-0.15, -0.1) is 0 Å². The molecule has 0 bridgehead atoms. The quantitative estimate of drug-likeness (QED) is 0.272. The van der Waals surface area contributed by atoms with Crippen LogP contribution < -0.4 is 5.32 Å².